The highest BCUT2D eigenvalue weighted by Gasteiger charge is 2.29. The Balaban J connectivity index is 2.14. The summed E-state index contributed by atoms with van der Waals surface area (Å²) in [6.07, 6.45) is 8.41. The van der Waals surface area contributed by atoms with Crippen molar-refractivity contribution in [3.8, 4) is 11.5 Å². The molecule has 0 saturated carbocycles. The Kier molecular flexibility index (Phi) is 2.61. The fourth-order valence-corrected chi connectivity index (χ4v) is 2.17. The van der Waals surface area contributed by atoms with E-state index in [0.717, 1.165) is 11.1 Å². The van der Waals surface area contributed by atoms with Gasteiger partial charge in [0.1, 0.15) is 11.9 Å². The Hall–Kier alpha value is -2.53. The second-order valence-corrected chi connectivity index (χ2v) is 4.37. The zero-order valence-corrected chi connectivity index (χ0v) is 10.2. The van der Waals surface area contributed by atoms with Crippen molar-refractivity contribution in [2.75, 3.05) is 0 Å². The number of rotatable bonds is 2. The van der Waals surface area contributed by atoms with Crippen LogP contribution in [-0.4, -0.2) is 4.98 Å². The summed E-state index contributed by atoms with van der Waals surface area (Å²) in [5.41, 5.74) is 13.7. The first-order valence-electron chi connectivity index (χ1n) is 5.90. The molecule has 96 valence electrons. The van der Waals surface area contributed by atoms with Gasteiger partial charge in [-0.05, 0) is 18.2 Å². The summed E-state index contributed by atoms with van der Waals surface area (Å²) < 4.78 is 5.36. The molecule has 0 bridgehead atoms. The summed E-state index contributed by atoms with van der Waals surface area (Å²) >= 11 is 0. The summed E-state index contributed by atoms with van der Waals surface area (Å²) in [5.74, 6) is 0.531. The highest BCUT2D eigenvalue weighted by Crippen LogP contribution is 2.30. The van der Waals surface area contributed by atoms with Crippen molar-refractivity contribution < 1.29 is 4.42 Å². The molecule has 2 heterocycles. The van der Waals surface area contributed by atoms with E-state index in [1.165, 1.54) is 6.26 Å². The Labute approximate surface area is 110 Å². The second-order valence-electron chi connectivity index (χ2n) is 4.37. The second kappa shape index (κ2) is 4.29. The van der Waals surface area contributed by atoms with Gasteiger partial charge in [-0.25, -0.2) is 4.98 Å². The van der Waals surface area contributed by atoms with Crippen LogP contribution in [0, 0.1) is 0 Å². The van der Waals surface area contributed by atoms with Gasteiger partial charge in [-0.2, -0.15) is 0 Å². The molecule has 1 aromatic carbocycles. The van der Waals surface area contributed by atoms with Gasteiger partial charge in [-0.3, -0.25) is 0 Å². The first kappa shape index (κ1) is 11.6. The van der Waals surface area contributed by atoms with Crippen molar-refractivity contribution in [1.82, 2.24) is 10.3 Å². The fraction of sp³-hybridized carbons (Fsp3) is 0.0714. The maximum absolute atomic E-state index is 6.39. The smallest absolute Gasteiger partial charge is 0.226 e. The van der Waals surface area contributed by atoms with Gasteiger partial charge in [0.25, 0.3) is 0 Å². The van der Waals surface area contributed by atoms with Crippen LogP contribution in [0.5, 0.6) is 0 Å². The van der Waals surface area contributed by atoms with Crippen LogP contribution in [0.3, 0.4) is 0 Å². The molecule has 5 nitrogen and oxygen atoms in total. The van der Waals surface area contributed by atoms with Crippen LogP contribution in [0.25, 0.3) is 11.5 Å². The molecule has 5 heteroatoms. The van der Waals surface area contributed by atoms with Gasteiger partial charge < -0.3 is 21.2 Å². The van der Waals surface area contributed by atoms with Crippen LogP contribution < -0.4 is 16.8 Å². The van der Waals surface area contributed by atoms with E-state index in [1.807, 2.05) is 24.3 Å². The predicted octanol–water partition coefficient (Wildman–Crippen LogP) is 1.41. The zero-order chi connectivity index (χ0) is 13.3. The number of allylic oxidation sites excluding steroid dienone is 1. The minimum Gasteiger partial charge on any atom is -0.445 e. The van der Waals surface area contributed by atoms with E-state index in [4.69, 9.17) is 15.9 Å². The van der Waals surface area contributed by atoms with Gasteiger partial charge in [-0.15, -0.1) is 0 Å². The van der Waals surface area contributed by atoms with Crippen molar-refractivity contribution in [3.63, 3.8) is 0 Å². The molecule has 0 fully saturated rings. The van der Waals surface area contributed by atoms with Crippen molar-refractivity contribution in [3.05, 3.63) is 66.3 Å². The summed E-state index contributed by atoms with van der Waals surface area (Å²) in [4.78, 5) is 4.17. The van der Waals surface area contributed by atoms with Crippen molar-refractivity contribution in [1.29, 1.82) is 0 Å². The zero-order valence-electron chi connectivity index (χ0n) is 10.2. The molecule has 1 aliphatic heterocycles. The summed E-state index contributed by atoms with van der Waals surface area (Å²) in [6.45, 7) is 0. The number of hydrogen-bond acceptors (Lipinski definition) is 5. The van der Waals surface area contributed by atoms with Gasteiger partial charge in [0.2, 0.25) is 5.89 Å². The maximum atomic E-state index is 6.39. The molecular weight excluding hydrogens is 240 g/mol. The minimum absolute atomic E-state index is 0.531. The third-order valence-electron chi connectivity index (χ3n) is 3.03. The van der Waals surface area contributed by atoms with E-state index < -0.39 is 5.66 Å². The largest absolute Gasteiger partial charge is 0.445 e. The SMILES string of the molecule is NC1=CC(N)(c2ccccc2-c2ncco2)NC=C1. The number of nitrogens with zero attached hydrogens (tertiary/aromatic N) is 1. The molecule has 2 aromatic rings. The van der Waals surface area contributed by atoms with Crippen molar-refractivity contribution in [2.45, 2.75) is 5.66 Å². The van der Waals surface area contributed by atoms with Crippen LogP contribution >= 0.6 is 0 Å². The van der Waals surface area contributed by atoms with Gasteiger partial charge in [0, 0.05) is 23.0 Å². The van der Waals surface area contributed by atoms with Crippen LogP contribution in [0.2, 0.25) is 0 Å². The Morgan fingerprint density at radius 2 is 2.11 bits per heavy atom. The van der Waals surface area contributed by atoms with E-state index >= 15 is 0 Å². The summed E-state index contributed by atoms with van der Waals surface area (Å²) in [6, 6.07) is 7.67. The van der Waals surface area contributed by atoms with Gasteiger partial charge in [-0.1, -0.05) is 18.2 Å². The molecule has 3 rings (SSSR count). The highest BCUT2D eigenvalue weighted by atomic mass is 16.3. The van der Waals surface area contributed by atoms with Crippen LogP contribution in [-0.2, 0) is 5.66 Å². The number of dihydropyridines is 1. The first-order valence-corrected chi connectivity index (χ1v) is 5.90. The van der Waals surface area contributed by atoms with Crippen LogP contribution in [0.15, 0.2) is 65.2 Å². The molecule has 19 heavy (non-hydrogen) atoms. The molecule has 0 aliphatic carbocycles. The number of nitrogens with two attached hydrogens (primary N) is 2. The van der Waals surface area contributed by atoms with E-state index in [1.54, 1.807) is 24.5 Å². The monoisotopic (exact) mass is 254 g/mol. The number of nitrogens with one attached hydrogen (secondary N) is 1. The van der Waals surface area contributed by atoms with E-state index in [2.05, 4.69) is 10.3 Å². The number of aromatic nitrogens is 1. The highest BCUT2D eigenvalue weighted by molar-refractivity contribution is 5.62. The van der Waals surface area contributed by atoms with E-state index in [-0.39, 0.29) is 0 Å². The molecule has 0 saturated heterocycles. The molecule has 5 N–H and O–H groups in total. The fourth-order valence-electron chi connectivity index (χ4n) is 2.17. The lowest BCUT2D eigenvalue weighted by atomic mass is 9.92. The molecule has 1 unspecified atom stereocenters. The van der Waals surface area contributed by atoms with E-state index in [0.29, 0.717) is 11.6 Å². The lowest BCUT2D eigenvalue weighted by Gasteiger charge is -2.31. The van der Waals surface area contributed by atoms with Crippen molar-refractivity contribution in [2.24, 2.45) is 11.5 Å². The van der Waals surface area contributed by atoms with Crippen molar-refractivity contribution >= 4 is 0 Å². The number of benzene rings is 1. The molecule has 1 atom stereocenters. The molecule has 0 spiro atoms. The average Bonchev–Trinajstić information content (AvgIpc) is 2.92. The van der Waals surface area contributed by atoms with Crippen LogP contribution in [0.4, 0.5) is 0 Å². The number of oxazole rings is 1. The Morgan fingerprint density at radius 1 is 1.26 bits per heavy atom. The third-order valence-corrected chi connectivity index (χ3v) is 3.03. The van der Waals surface area contributed by atoms with Crippen LogP contribution in [0.1, 0.15) is 5.56 Å². The van der Waals surface area contributed by atoms with Gasteiger partial charge in [0.05, 0.1) is 6.20 Å². The van der Waals surface area contributed by atoms with E-state index in [9.17, 15) is 0 Å². The lowest BCUT2D eigenvalue weighted by Crippen LogP contribution is -2.48. The predicted molar refractivity (Wildman–Crippen MR) is 72.4 cm³/mol. The standard InChI is InChI=1S/C14H14N4O/c15-10-5-6-18-14(16,9-10)12-4-2-1-3-11(12)13-17-7-8-19-13/h1-9,18H,15-16H2. The lowest BCUT2D eigenvalue weighted by molar-refractivity contribution is 0.487. The minimum atomic E-state index is -0.871. The molecular formula is C14H14N4O. The molecule has 1 aromatic heterocycles. The molecule has 0 amide bonds. The Morgan fingerprint density at radius 3 is 2.84 bits per heavy atom. The topological polar surface area (TPSA) is 90.1 Å². The Bertz CT molecular complexity index is 645. The average molecular weight is 254 g/mol. The normalized spacial score (nSPS) is 21.8. The third kappa shape index (κ3) is 2.00. The van der Waals surface area contributed by atoms with Gasteiger partial charge in [0.15, 0.2) is 0 Å². The molecule has 1 aliphatic rings. The summed E-state index contributed by atoms with van der Waals surface area (Å²) in [5, 5.41) is 3.12. The first-order chi connectivity index (χ1) is 9.19. The number of hydrogen-bond donors (Lipinski definition) is 3. The van der Waals surface area contributed by atoms with Gasteiger partial charge >= 0.3 is 0 Å². The maximum Gasteiger partial charge on any atom is 0.226 e. The summed E-state index contributed by atoms with van der Waals surface area (Å²) in [7, 11) is 0. The quantitative estimate of drug-likeness (QED) is 0.754. The molecule has 0 radical (unpaired) electrons.